The summed E-state index contributed by atoms with van der Waals surface area (Å²) in [6.07, 6.45) is 0. The molecule has 25 heavy (non-hydrogen) atoms. The van der Waals surface area contributed by atoms with Crippen molar-refractivity contribution in [1.82, 2.24) is 4.98 Å². The first-order valence-corrected chi connectivity index (χ1v) is 7.77. The summed E-state index contributed by atoms with van der Waals surface area (Å²) in [6, 6.07) is 22.4. The maximum absolute atomic E-state index is 7.50. The van der Waals surface area contributed by atoms with Crippen molar-refractivity contribution in [1.29, 1.82) is 5.41 Å². The van der Waals surface area contributed by atoms with Gasteiger partial charge >= 0.3 is 0 Å². The number of fused-ring (bicyclic) bond motifs is 1. The Morgan fingerprint density at radius 2 is 1.64 bits per heavy atom. The van der Waals surface area contributed by atoms with Crippen LogP contribution in [0.5, 0.6) is 11.5 Å². The summed E-state index contributed by atoms with van der Waals surface area (Å²) in [4.78, 5) is 4.48. The average molecular weight is 329 g/mol. The number of amidine groups is 1. The zero-order valence-electron chi connectivity index (χ0n) is 13.3. The second-order valence-electron chi connectivity index (χ2n) is 5.55. The Morgan fingerprint density at radius 1 is 0.920 bits per heavy atom. The summed E-state index contributed by atoms with van der Waals surface area (Å²) >= 11 is 0. The quantitative estimate of drug-likeness (QED) is 0.424. The predicted octanol–water partition coefficient (Wildman–Crippen LogP) is 4.57. The maximum Gasteiger partial charge on any atom is 0.227 e. The average Bonchev–Trinajstić information content (AvgIpc) is 3.06. The van der Waals surface area contributed by atoms with Gasteiger partial charge in [-0.05, 0) is 54.6 Å². The van der Waals surface area contributed by atoms with Gasteiger partial charge in [0.2, 0.25) is 5.89 Å². The normalized spacial score (nSPS) is 10.7. The minimum absolute atomic E-state index is 0.00821. The highest BCUT2D eigenvalue weighted by molar-refractivity contribution is 5.97. The largest absolute Gasteiger partial charge is 0.457 e. The zero-order valence-corrected chi connectivity index (χ0v) is 13.3. The van der Waals surface area contributed by atoms with Gasteiger partial charge < -0.3 is 14.9 Å². The molecule has 4 rings (SSSR count). The van der Waals surface area contributed by atoms with Crippen LogP contribution >= 0.6 is 0 Å². The van der Waals surface area contributed by atoms with Crippen LogP contribution in [0.3, 0.4) is 0 Å². The van der Waals surface area contributed by atoms with Gasteiger partial charge in [0.15, 0.2) is 5.58 Å². The van der Waals surface area contributed by atoms with Crippen molar-refractivity contribution in [3.8, 4) is 23.0 Å². The zero-order chi connectivity index (χ0) is 17.2. The maximum atomic E-state index is 7.50. The van der Waals surface area contributed by atoms with Crippen molar-refractivity contribution in [2.75, 3.05) is 0 Å². The molecule has 0 radical (unpaired) electrons. The molecule has 5 nitrogen and oxygen atoms in total. The van der Waals surface area contributed by atoms with Gasteiger partial charge in [-0.25, -0.2) is 4.98 Å². The van der Waals surface area contributed by atoms with Gasteiger partial charge in [0, 0.05) is 11.1 Å². The fourth-order valence-corrected chi connectivity index (χ4v) is 2.51. The molecule has 3 aromatic carbocycles. The van der Waals surface area contributed by atoms with Crippen molar-refractivity contribution >= 4 is 16.9 Å². The summed E-state index contributed by atoms with van der Waals surface area (Å²) in [7, 11) is 0. The van der Waals surface area contributed by atoms with Gasteiger partial charge in [-0.1, -0.05) is 18.2 Å². The van der Waals surface area contributed by atoms with E-state index in [0.29, 0.717) is 22.6 Å². The van der Waals surface area contributed by atoms with Gasteiger partial charge in [0.25, 0.3) is 0 Å². The number of aromatic nitrogens is 1. The van der Waals surface area contributed by atoms with Gasteiger partial charge in [-0.3, -0.25) is 5.41 Å². The fourth-order valence-electron chi connectivity index (χ4n) is 2.51. The van der Waals surface area contributed by atoms with E-state index >= 15 is 0 Å². The van der Waals surface area contributed by atoms with E-state index in [0.717, 1.165) is 17.1 Å². The lowest BCUT2D eigenvalue weighted by atomic mass is 10.2. The number of benzene rings is 3. The first-order chi connectivity index (χ1) is 12.2. The number of nitrogens with zero attached hydrogens (tertiary/aromatic N) is 1. The number of oxazole rings is 1. The second kappa shape index (κ2) is 6.13. The number of nitrogens with one attached hydrogen (secondary N) is 1. The molecular weight excluding hydrogens is 314 g/mol. The van der Waals surface area contributed by atoms with Crippen LogP contribution in [0.4, 0.5) is 0 Å². The minimum Gasteiger partial charge on any atom is -0.457 e. The lowest BCUT2D eigenvalue weighted by Crippen LogP contribution is -2.10. The first kappa shape index (κ1) is 15.0. The summed E-state index contributed by atoms with van der Waals surface area (Å²) < 4.78 is 11.6. The molecule has 0 unspecified atom stereocenters. The second-order valence-corrected chi connectivity index (χ2v) is 5.55. The third-order valence-electron chi connectivity index (χ3n) is 3.78. The van der Waals surface area contributed by atoms with Gasteiger partial charge in [-0.15, -0.1) is 0 Å². The monoisotopic (exact) mass is 329 g/mol. The van der Waals surface area contributed by atoms with Gasteiger partial charge in [0.1, 0.15) is 22.9 Å². The summed E-state index contributed by atoms with van der Waals surface area (Å²) in [5.74, 6) is 2.05. The number of para-hydroxylation sites is 1. The number of hydrogen-bond donors (Lipinski definition) is 2. The van der Waals surface area contributed by atoms with E-state index < -0.39 is 0 Å². The topological polar surface area (TPSA) is 85.1 Å². The fraction of sp³-hybridized carbons (Fsp3) is 0. The lowest BCUT2D eigenvalue weighted by Gasteiger charge is -2.05. The third kappa shape index (κ3) is 3.07. The summed E-state index contributed by atoms with van der Waals surface area (Å²) in [6.45, 7) is 0. The van der Waals surface area contributed by atoms with Crippen LogP contribution in [0.1, 0.15) is 5.56 Å². The smallest absolute Gasteiger partial charge is 0.227 e. The van der Waals surface area contributed by atoms with E-state index in [1.807, 2.05) is 54.6 Å². The van der Waals surface area contributed by atoms with Crippen LogP contribution in [0, 0.1) is 5.41 Å². The van der Waals surface area contributed by atoms with Crippen molar-refractivity contribution in [2.24, 2.45) is 5.73 Å². The summed E-state index contributed by atoms with van der Waals surface area (Å²) in [5, 5.41) is 7.50. The van der Waals surface area contributed by atoms with Crippen LogP contribution in [-0.2, 0) is 0 Å². The van der Waals surface area contributed by atoms with Crippen LogP contribution in [-0.4, -0.2) is 10.8 Å². The third-order valence-corrected chi connectivity index (χ3v) is 3.78. The molecule has 0 aliphatic rings. The molecule has 0 aliphatic carbocycles. The lowest BCUT2D eigenvalue weighted by molar-refractivity contribution is 0.482. The standard InChI is InChI=1S/C20H15N3O2/c21-19(22)14-8-11-18-17(12-14)23-20(25-18)13-6-9-16(10-7-13)24-15-4-2-1-3-5-15/h1-12H,(H3,21,22). The van der Waals surface area contributed by atoms with E-state index in [1.165, 1.54) is 0 Å². The molecule has 0 amide bonds. The van der Waals surface area contributed by atoms with E-state index in [9.17, 15) is 0 Å². The van der Waals surface area contributed by atoms with Crippen LogP contribution in [0.15, 0.2) is 77.2 Å². The van der Waals surface area contributed by atoms with Gasteiger partial charge in [0.05, 0.1) is 0 Å². The van der Waals surface area contributed by atoms with Crippen molar-refractivity contribution in [2.45, 2.75) is 0 Å². The molecule has 0 saturated carbocycles. The molecule has 0 spiro atoms. The molecule has 1 aromatic heterocycles. The molecule has 1 heterocycles. The highest BCUT2D eigenvalue weighted by atomic mass is 16.5. The first-order valence-electron chi connectivity index (χ1n) is 7.77. The molecule has 5 heteroatoms. The molecule has 0 bridgehead atoms. The van der Waals surface area contributed by atoms with Crippen LogP contribution in [0.2, 0.25) is 0 Å². The number of ether oxygens (including phenoxy) is 1. The molecule has 4 aromatic rings. The van der Waals surface area contributed by atoms with E-state index in [2.05, 4.69) is 4.98 Å². The molecule has 0 aliphatic heterocycles. The van der Waals surface area contributed by atoms with E-state index in [1.54, 1.807) is 18.2 Å². The van der Waals surface area contributed by atoms with Crippen molar-refractivity contribution in [3.05, 3.63) is 78.4 Å². The Morgan fingerprint density at radius 3 is 2.36 bits per heavy atom. The molecule has 0 atom stereocenters. The van der Waals surface area contributed by atoms with Crippen LogP contribution in [0.25, 0.3) is 22.6 Å². The number of nitrogens with two attached hydrogens (primary N) is 1. The summed E-state index contributed by atoms with van der Waals surface area (Å²) in [5.41, 5.74) is 8.32. The minimum atomic E-state index is 0.00821. The molecular formula is C20H15N3O2. The SMILES string of the molecule is N=C(N)c1ccc2oc(-c3ccc(Oc4ccccc4)cc3)nc2c1. The highest BCUT2D eigenvalue weighted by Crippen LogP contribution is 2.28. The molecule has 0 saturated heterocycles. The van der Waals surface area contributed by atoms with E-state index in [4.69, 9.17) is 20.3 Å². The van der Waals surface area contributed by atoms with Crippen molar-refractivity contribution in [3.63, 3.8) is 0 Å². The number of nitrogen functional groups attached to an aromatic ring is 1. The highest BCUT2D eigenvalue weighted by Gasteiger charge is 2.10. The van der Waals surface area contributed by atoms with E-state index in [-0.39, 0.29) is 5.84 Å². The Kier molecular flexibility index (Phi) is 3.67. The molecule has 0 fully saturated rings. The molecule has 122 valence electrons. The van der Waals surface area contributed by atoms with Crippen LogP contribution < -0.4 is 10.5 Å². The Labute approximate surface area is 144 Å². The number of rotatable bonds is 4. The molecule has 3 N–H and O–H groups in total. The Hall–Kier alpha value is -3.60. The van der Waals surface area contributed by atoms with Crippen molar-refractivity contribution < 1.29 is 9.15 Å². The number of hydrogen-bond acceptors (Lipinski definition) is 4. The Balaban J connectivity index is 1.61. The Bertz CT molecular complexity index is 1040. The van der Waals surface area contributed by atoms with Gasteiger partial charge in [-0.2, -0.15) is 0 Å². The predicted molar refractivity (Wildman–Crippen MR) is 97.0 cm³/mol.